The molecule has 0 aliphatic carbocycles. The fourth-order valence-electron chi connectivity index (χ4n) is 4.98. The zero-order chi connectivity index (χ0) is 21.9. The molecule has 0 fully saturated rings. The van der Waals surface area contributed by atoms with Crippen LogP contribution in [0.4, 0.5) is 0 Å². The van der Waals surface area contributed by atoms with Crippen molar-refractivity contribution in [3.8, 4) is 11.4 Å². The third-order valence-corrected chi connectivity index (χ3v) is 6.40. The highest BCUT2D eigenvalue weighted by molar-refractivity contribution is 6.15. The van der Waals surface area contributed by atoms with Crippen molar-refractivity contribution in [2.45, 2.75) is 6.92 Å². The number of nitrogens with zero attached hydrogens (tertiary/aromatic N) is 4. The lowest BCUT2D eigenvalue weighted by Gasteiger charge is -2.09. The molecule has 33 heavy (non-hydrogen) atoms. The van der Waals surface area contributed by atoms with Crippen LogP contribution < -0.4 is 0 Å². The fourth-order valence-corrected chi connectivity index (χ4v) is 4.98. The largest absolute Gasteiger partial charge is 0.294 e. The number of rotatable bonds is 2. The van der Waals surface area contributed by atoms with Crippen molar-refractivity contribution in [3.05, 3.63) is 109 Å². The SMILES string of the molecule is Cc1cccc(-n2c3cccnc3c3cc4c5ccccc5n(-c5ccccc5)c4nc32)c1. The molecular formula is C29H20N4. The number of aryl methyl sites for hydroxylation is 1. The van der Waals surface area contributed by atoms with E-state index < -0.39 is 0 Å². The van der Waals surface area contributed by atoms with Gasteiger partial charge in [0, 0.05) is 33.7 Å². The summed E-state index contributed by atoms with van der Waals surface area (Å²) in [5.74, 6) is 0. The molecule has 0 radical (unpaired) electrons. The minimum atomic E-state index is 0.918. The van der Waals surface area contributed by atoms with Gasteiger partial charge in [-0.1, -0.05) is 48.5 Å². The smallest absolute Gasteiger partial charge is 0.149 e. The third-order valence-electron chi connectivity index (χ3n) is 6.40. The van der Waals surface area contributed by atoms with E-state index in [0.717, 1.165) is 50.0 Å². The van der Waals surface area contributed by atoms with Crippen molar-refractivity contribution in [2.75, 3.05) is 0 Å². The van der Waals surface area contributed by atoms with E-state index in [2.05, 4.69) is 101 Å². The van der Waals surface area contributed by atoms with Gasteiger partial charge in [0.05, 0.1) is 16.6 Å². The number of hydrogen-bond donors (Lipinski definition) is 0. The van der Waals surface area contributed by atoms with E-state index in [4.69, 9.17) is 9.97 Å². The molecule has 4 heteroatoms. The van der Waals surface area contributed by atoms with Crippen molar-refractivity contribution in [1.29, 1.82) is 0 Å². The van der Waals surface area contributed by atoms with Gasteiger partial charge in [-0.2, -0.15) is 0 Å². The van der Waals surface area contributed by atoms with Gasteiger partial charge in [0.15, 0.2) is 0 Å². The number of para-hydroxylation sites is 2. The molecule has 0 saturated heterocycles. The minimum Gasteiger partial charge on any atom is -0.294 e. The molecule has 0 amide bonds. The number of pyridine rings is 2. The van der Waals surface area contributed by atoms with Crippen LogP contribution in [0, 0.1) is 6.92 Å². The summed E-state index contributed by atoms with van der Waals surface area (Å²) in [6, 6.07) is 33.9. The summed E-state index contributed by atoms with van der Waals surface area (Å²) in [5.41, 5.74) is 8.47. The van der Waals surface area contributed by atoms with Crippen molar-refractivity contribution < 1.29 is 0 Å². The van der Waals surface area contributed by atoms with Gasteiger partial charge in [0.1, 0.15) is 11.3 Å². The van der Waals surface area contributed by atoms with Gasteiger partial charge in [0.25, 0.3) is 0 Å². The first kappa shape index (κ1) is 18.2. The average molecular weight is 425 g/mol. The first-order valence-corrected chi connectivity index (χ1v) is 11.1. The summed E-state index contributed by atoms with van der Waals surface area (Å²) in [6.07, 6.45) is 1.86. The summed E-state index contributed by atoms with van der Waals surface area (Å²) in [7, 11) is 0. The van der Waals surface area contributed by atoms with Gasteiger partial charge in [-0.15, -0.1) is 0 Å². The molecule has 3 aromatic carbocycles. The Morgan fingerprint density at radius 1 is 0.576 bits per heavy atom. The van der Waals surface area contributed by atoms with Crippen LogP contribution in [0.3, 0.4) is 0 Å². The molecule has 4 aromatic heterocycles. The second-order valence-electron chi connectivity index (χ2n) is 8.46. The van der Waals surface area contributed by atoms with E-state index >= 15 is 0 Å². The number of aromatic nitrogens is 4. The number of hydrogen-bond acceptors (Lipinski definition) is 2. The Morgan fingerprint density at radius 3 is 2.18 bits per heavy atom. The quantitative estimate of drug-likeness (QED) is 0.300. The van der Waals surface area contributed by atoms with Crippen LogP contribution >= 0.6 is 0 Å². The molecule has 0 unspecified atom stereocenters. The molecule has 0 aliphatic heterocycles. The maximum atomic E-state index is 5.32. The Balaban J connectivity index is 1.70. The average Bonchev–Trinajstić information content (AvgIpc) is 3.35. The first-order chi connectivity index (χ1) is 16.3. The van der Waals surface area contributed by atoms with Gasteiger partial charge >= 0.3 is 0 Å². The highest BCUT2D eigenvalue weighted by atomic mass is 15.1. The van der Waals surface area contributed by atoms with E-state index in [9.17, 15) is 0 Å². The van der Waals surface area contributed by atoms with E-state index in [0.29, 0.717) is 0 Å². The highest BCUT2D eigenvalue weighted by Crippen LogP contribution is 2.36. The third kappa shape index (κ3) is 2.58. The molecule has 0 N–H and O–H groups in total. The molecule has 4 heterocycles. The highest BCUT2D eigenvalue weighted by Gasteiger charge is 2.19. The molecule has 7 rings (SSSR count). The minimum absolute atomic E-state index is 0.918. The molecule has 4 nitrogen and oxygen atoms in total. The molecule has 0 saturated carbocycles. The number of fused-ring (bicyclic) bond motifs is 6. The van der Waals surface area contributed by atoms with Crippen LogP contribution in [0.2, 0.25) is 0 Å². The molecule has 0 bridgehead atoms. The Bertz CT molecular complexity index is 1820. The fraction of sp³-hybridized carbons (Fsp3) is 0.0345. The Hall–Kier alpha value is -4.44. The van der Waals surface area contributed by atoms with Crippen molar-refractivity contribution in [3.63, 3.8) is 0 Å². The standard InChI is InChI=1S/C29H20N4/c1-19-9-7-12-21(17-19)33-26-15-8-16-30-27(26)24-18-23-22-13-5-6-14-25(22)32(28(23)31-29(24)33)20-10-3-2-4-11-20/h2-18H,1H3. The maximum Gasteiger partial charge on any atom is 0.149 e. The van der Waals surface area contributed by atoms with Crippen LogP contribution in [0.15, 0.2) is 103 Å². The number of benzene rings is 3. The summed E-state index contributed by atoms with van der Waals surface area (Å²) in [6.45, 7) is 2.12. The Kier molecular flexibility index (Phi) is 3.73. The van der Waals surface area contributed by atoms with E-state index in [1.807, 2.05) is 18.3 Å². The Labute approximate surface area is 190 Å². The zero-order valence-corrected chi connectivity index (χ0v) is 18.1. The van der Waals surface area contributed by atoms with Gasteiger partial charge in [-0.3, -0.25) is 14.1 Å². The second kappa shape index (κ2) is 6.78. The maximum absolute atomic E-state index is 5.32. The summed E-state index contributed by atoms with van der Waals surface area (Å²) >= 11 is 0. The lowest BCUT2D eigenvalue weighted by atomic mass is 10.1. The van der Waals surface area contributed by atoms with Gasteiger partial charge in [-0.25, -0.2) is 4.98 Å². The van der Waals surface area contributed by atoms with E-state index in [1.165, 1.54) is 10.9 Å². The molecule has 0 aliphatic rings. The van der Waals surface area contributed by atoms with Crippen LogP contribution in [0.5, 0.6) is 0 Å². The van der Waals surface area contributed by atoms with Crippen LogP contribution in [0.1, 0.15) is 5.56 Å². The summed E-state index contributed by atoms with van der Waals surface area (Å²) < 4.78 is 4.49. The predicted molar refractivity (Wildman–Crippen MR) is 135 cm³/mol. The lowest BCUT2D eigenvalue weighted by Crippen LogP contribution is -1.98. The van der Waals surface area contributed by atoms with Crippen LogP contribution in [-0.2, 0) is 0 Å². The summed E-state index contributed by atoms with van der Waals surface area (Å²) in [4.78, 5) is 10.1. The van der Waals surface area contributed by atoms with E-state index in [1.54, 1.807) is 0 Å². The first-order valence-electron chi connectivity index (χ1n) is 11.1. The second-order valence-corrected chi connectivity index (χ2v) is 8.46. The van der Waals surface area contributed by atoms with Crippen LogP contribution in [-0.4, -0.2) is 19.1 Å². The molecule has 0 atom stereocenters. The molecular weight excluding hydrogens is 404 g/mol. The van der Waals surface area contributed by atoms with Crippen molar-refractivity contribution in [1.82, 2.24) is 19.1 Å². The normalized spacial score (nSPS) is 11.8. The van der Waals surface area contributed by atoms with Gasteiger partial charge < -0.3 is 0 Å². The monoisotopic (exact) mass is 424 g/mol. The lowest BCUT2D eigenvalue weighted by molar-refractivity contribution is 1.10. The Morgan fingerprint density at radius 2 is 1.30 bits per heavy atom. The zero-order valence-electron chi connectivity index (χ0n) is 18.1. The van der Waals surface area contributed by atoms with Crippen LogP contribution in [0.25, 0.3) is 55.4 Å². The summed E-state index contributed by atoms with van der Waals surface area (Å²) in [5, 5.41) is 3.39. The van der Waals surface area contributed by atoms with E-state index in [-0.39, 0.29) is 0 Å². The molecule has 0 spiro atoms. The van der Waals surface area contributed by atoms with Gasteiger partial charge in [-0.05, 0) is 61.0 Å². The predicted octanol–water partition coefficient (Wildman–Crippen LogP) is 6.98. The molecule has 7 aromatic rings. The molecule has 156 valence electrons. The topological polar surface area (TPSA) is 35.6 Å². The van der Waals surface area contributed by atoms with Gasteiger partial charge in [0.2, 0.25) is 0 Å². The van der Waals surface area contributed by atoms with Crippen molar-refractivity contribution in [2.24, 2.45) is 0 Å². The van der Waals surface area contributed by atoms with Crippen molar-refractivity contribution >= 4 is 44.0 Å².